The Balaban J connectivity index is 2.03. The number of carboxylic acid groups (broad SMARTS) is 1. The summed E-state index contributed by atoms with van der Waals surface area (Å²) in [5, 5.41) is 9.19. The zero-order valence-corrected chi connectivity index (χ0v) is 12.2. The monoisotopic (exact) mass is 285 g/mol. The van der Waals surface area contributed by atoms with Crippen LogP contribution in [0.2, 0.25) is 0 Å². The largest absolute Gasteiger partial charge is 0.480 e. The minimum absolute atomic E-state index is 0.466. The minimum Gasteiger partial charge on any atom is -0.480 e. The molecule has 0 saturated carbocycles. The highest BCUT2D eigenvalue weighted by atomic mass is 16.5. The van der Waals surface area contributed by atoms with Gasteiger partial charge in [-0.2, -0.15) is 0 Å². The van der Waals surface area contributed by atoms with Gasteiger partial charge in [-0.1, -0.05) is 30.3 Å². The van der Waals surface area contributed by atoms with E-state index < -0.39 is 12.0 Å². The molecule has 0 fully saturated rings. The fourth-order valence-electron chi connectivity index (χ4n) is 2.03. The molecule has 110 valence electrons. The van der Waals surface area contributed by atoms with Crippen molar-refractivity contribution in [2.75, 3.05) is 14.1 Å². The molecule has 0 aliphatic carbocycles. The number of carboxylic acids is 1. The van der Waals surface area contributed by atoms with Crippen molar-refractivity contribution >= 4 is 5.97 Å². The van der Waals surface area contributed by atoms with Crippen molar-refractivity contribution in [1.29, 1.82) is 0 Å². The van der Waals surface area contributed by atoms with Crippen molar-refractivity contribution in [1.82, 2.24) is 4.90 Å². The molecule has 4 nitrogen and oxygen atoms in total. The van der Waals surface area contributed by atoms with E-state index in [-0.39, 0.29) is 0 Å². The van der Waals surface area contributed by atoms with Crippen molar-refractivity contribution in [3.63, 3.8) is 0 Å². The third-order valence-electron chi connectivity index (χ3n) is 3.24. The van der Waals surface area contributed by atoms with Crippen LogP contribution in [0, 0.1) is 0 Å². The first-order valence-electron chi connectivity index (χ1n) is 6.77. The molecule has 1 N–H and O–H groups in total. The van der Waals surface area contributed by atoms with E-state index in [4.69, 9.17) is 4.74 Å². The quantitative estimate of drug-likeness (QED) is 0.886. The molecule has 2 rings (SSSR count). The van der Waals surface area contributed by atoms with Crippen LogP contribution in [0.15, 0.2) is 54.6 Å². The second-order valence-electron chi connectivity index (χ2n) is 5.08. The number of ether oxygens (including phenoxy) is 1. The van der Waals surface area contributed by atoms with Crippen molar-refractivity contribution in [2.24, 2.45) is 0 Å². The van der Waals surface area contributed by atoms with E-state index >= 15 is 0 Å². The zero-order chi connectivity index (χ0) is 15.2. The highest BCUT2D eigenvalue weighted by Gasteiger charge is 2.19. The first kappa shape index (κ1) is 15.1. The van der Waals surface area contributed by atoms with Gasteiger partial charge in [0, 0.05) is 0 Å². The molecule has 0 aromatic heterocycles. The lowest BCUT2D eigenvalue weighted by Gasteiger charge is -2.20. The van der Waals surface area contributed by atoms with E-state index in [1.54, 1.807) is 19.0 Å². The van der Waals surface area contributed by atoms with Gasteiger partial charge in [0.25, 0.3) is 0 Å². The Labute approximate surface area is 124 Å². The molecule has 0 aliphatic heterocycles. The van der Waals surface area contributed by atoms with Crippen LogP contribution < -0.4 is 4.74 Å². The van der Waals surface area contributed by atoms with Crippen molar-refractivity contribution in [3.05, 3.63) is 60.2 Å². The standard InChI is InChI=1S/C17H19NO3/c1-18(2)16(17(19)20)12-13-8-10-15(11-9-13)21-14-6-4-3-5-7-14/h3-11,16H,12H2,1-2H3,(H,19,20). The first-order chi connectivity index (χ1) is 10.1. The summed E-state index contributed by atoms with van der Waals surface area (Å²) >= 11 is 0. The van der Waals surface area contributed by atoms with Crippen LogP contribution in [0.25, 0.3) is 0 Å². The van der Waals surface area contributed by atoms with Crippen LogP contribution in [0.5, 0.6) is 11.5 Å². The van der Waals surface area contributed by atoms with Crippen LogP contribution in [-0.4, -0.2) is 36.1 Å². The normalized spacial score (nSPS) is 12.1. The molecule has 0 bridgehead atoms. The van der Waals surface area contributed by atoms with E-state index in [9.17, 15) is 9.90 Å². The van der Waals surface area contributed by atoms with Crippen molar-refractivity contribution < 1.29 is 14.6 Å². The molecule has 0 heterocycles. The highest BCUT2D eigenvalue weighted by molar-refractivity contribution is 5.73. The summed E-state index contributed by atoms with van der Waals surface area (Å²) in [6.07, 6.45) is 0.466. The van der Waals surface area contributed by atoms with Crippen LogP contribution in [0.1, 0.15) is 5.56 Å². The van der Waals surface area contributed by atoms with Crippen molar-refractivity contribution in [3.8, 4) is 11.5 Å². The van der Waals surface area contributed by atoms with Gasteiger partial charge in [-0.15, -0.1) is 0 Å². The molecule has 2 aromatic rings. The third kappa shape index (κ3) is 4.33. The summed E-state index contributed by atoms with van der Waals surface area (Å²) in [5.74, 6) is 0.702. The maximum atomic E-state index is 11.2. The predicted octanol–water partition coefficient (Wildman–Crippen LogP) is 3.04. The molecule has 4 heteroatoms. The summed E-state index contributed by atoms with van der Waals surface area (Å²) < 4.78 is 5.71. The molecule has 0 radical (unpaired) electrons. The molecular formula is C17H19NO3. The fraction of sp³-hybridized carbons (Fsp3) is 0.235. The Morgan fingerprint density at radius 3 is 2.14 bits per heavy atom. The van der Waals surface area contributed by atoms with E-state index in [2.05, 4.69) is 0 Å². The summed E-state index contributed by atoms with van der Waals surface area (Å²) in [6, 6.07) is 16.5. The average molecular weight is 285 g/mol. The predicted molar refractivity (Wildman–Crippen MR) is 81.8 cm³/mol. The number of hydrogen-bond donors (Lipinski definition) is 1. The van der Waals surface area contributed by atoms with E-state index in [0.717, 1.165) is 17.1 Å². The Bertz CT molecular complexity index is 579. The molecule has 1 atom stereocenters. The van der Waals surface area contributed by atoms with Gasteiger partial charge in [0.15, 0.2) is 0 Å². The summed E-state index contributed by atoms with van der Waals surface area (Å²) in [6.45, 7) is 0. The summed E-state index contributed by atoms with van der Waals surface area (Å²) in [4.78, 5) is 12.9. The van der Waals surface area contributed by atoms with Gasteiger partial charge in [0.05, 0.1) is 0 Å². The minimum atomic E-state index is -0.815. The third-order valence-corrected chi connectivity index (χ3v) is 3.24. The topological polar surface area (TPSA) is 49.8 Å². The van der Waals surface area contributed by atoms with Gasteiger partial charge in [0.2, 0.25) is 0 Å². The Hall–Kier alpha value is -2.33. The van der Waals surface area contributed by atoms with Crippen LogP contribution in [0.3, 0.4) is 0 Å². The van der Waals surface area contributed by atoms with Gasteiger partial charge in [-0.05, 0) is 50.3 Å². The van der Waals surface area contributed by atoms with E-state index in [1.165, 1.54) is 0 Å². The molecule has 2 aromatic carbocycles. The molecule has 0 spiro atoms. The zero-order valence-electron chi connectivity index (χ0n) is 12.2. The van der Waals surface area contributed by atoms with Crippen LogP contribution >= 0.6 is 0 Å². The SMILES string of the molecule is CN(C)C(Cc1ccc(Oc2ccccc2)cc1)C(=O)O. The number of rotatable bonds is 6. The summed E-state index contributed by atoms with van der Waals surface area (Å²) in [5.41, 5.74) is 0.969. The van der Waals surface area contributed by atoms with Gasteiger partial charge in [0.1, 0.15) is 17.5 Å². The molecule has 0 amide bonds. The van der Waals surface area contributed by atoms with E-state index in [0.29, 0.717) is 6.42 Å². The number of nitrogens with zero attached hydrogens (tertiary/aromatic N) is 1. The highest BCUT2D eigenvalue weighted by Crippen LogP contribution is 2.21. The van der Waals surface area contributed by atoms with Crippen LogP contribution in [0.4, 0.5) is 0 Å². The molecule has 0 aliphatic rings. The first-order valence-corrected chi connectivity index (χ1v) is 6.77. The lowest BCUT2D eigenvalue weighted by molar-refractivity contribution is -0.142. The van der Waals surface area contributed by atoms with Crippen LogP contribution in [-0.2, 0) is 11.2 Å². The fourth-order valence-corrected chi connectivity index (χ4v) is 2.03. The number of likely N-dealkylation sites (N-methyl/N-ethyl adjacent to an activating group) is 1. The maximum absolute atomic E-state index is 11.2. The molecule has 0 saturated heterocycles. The smallest absolute Gasteiger partial charge is 0.321 e. The number of carbonyl (C=O) groups is 1. The lowest BCUT2D eigenvalue weighted by atomic mass is 10.1. The number of aliphatic carboxylic acids is 1. The van der Waals surface area contributed by atoms with Gasteiger partial charge < -0.3 is 9.84 Å². The van der Waals surface area contributed by atoms with Gasteiger partial charge in [-0.25, -0.2) is 0 Å². The number of para-hydroxylation sites is 1. The van der Waals surface area contributed by atoms with Gasteiger partial charge >= 0.3 is 5.97 Å². The van der Waals surface area contributed by atoms with Crippen molar-refractivity contribution in [2.45, 2.75) is 12.5 Å². The Kier molecular flexibility index (Phi) is 4.95. The van der Waals surface area contributed by atoms with E-state index in [1.807, 2.05) is 54.6 Å². The van der Waals surface area contributed by atoms with Gasteiger partial charge in [-0.3, -0.25) is 9.69 Å². The molecular weight excluding hydrogens is 266 g/mol. The molecule has 21 heavy (non-hydrogen) atoms. The molecule has 1 unspecified atom stereocenters. The second-order valence-corrected chi connectivity index (χ2v) is 5.08. The lowest BCUT2D eigenvalue weighted by Crippen LogP contribution is -2.37. The Morgan fingerprint density at radius 2 is 1.62 bits per heavy atom. The summed E-state index contributed by atoms with van der Waals surface area (Å²) in [7, 11) is 3.54. The average Bonchev–Trinajstić information content (AvgIpc) is 2.47. The maximum Gasteiger partial charge on any atom is 0.321 e. The number of benzene rings is 2. The second kappa shape index (κ2) is 6.90. The number of hydrogen-bond acceptors (Lipinski definition) is 3. The Morgan fingerprint density at radius 1 is 1.05 bits per heavy atom.